The summed E-state index contributed by atoms with van der Waals surface area (Å²) in [5.74, 6) is -0.654. The van der Waals surface area contributed by atoms with Crippen molar-refractivity contribution in [3.05, 3.63) is 29.6 Å². The number of esters is 2. The van der Waals surface area contributed by atoms with Crippen molar-refractivity contribution in [3.8, 4) is 0 Å². The molecule has 0 fully saturated rings. The van der Waals surface area contributed by atoms with Crippen LogP contribution < -0.4 is 4.57 Å². The molecule has 1 aromatic rings. The summed E-state index contributed by atoms with van der Waals surface area (Å²) in [6, 6.07) is 3.32. The lowest BCUT2D eigenvalue weighted by atomic mass is 10.2. The van der Waals surface area contributed by atoms with Gasteiger partial charge >= 0.3 is 11.9 Å². The molecule has 0 aliphatic rings. The zero-order valence-corrected chi connectivity index (χ0v) is 10.9. The lowest BCUT2D eigenvalue weighted by Gasteiger charge is -2.04. The topological polar surface area (TPSA) is 56.5 Å². The van der Waals surface area contributed by atoms with Gasteiger partial charge in [-0.05, 0) is 13.8 Å². The highest BCUT2D eigenvalue weighted by atomic mass is 16.5. The molecule has 5 nitrogen and oxygen atoms in total. The Morgan fingerprint density at radius 2 is 1.89 bits per heavy atom. The number of pyridine rings is 1. The molecule has 98 valence electrons. The Labute approximate surface area is 106 Å². The first-order valence-corrected chi connectivity index (χ1v) is 5.91. The van der Waals surface area contributed by atoms with Crippen LogP contribution in [-0.2, 0) is 20.8 Å². The summed E-state index contributed by atoms with van der Waals surface area (Å²) in [5, 5.41) is 0. The van der Waals surface area contributed by atoms with Crippen molar-refractivity contribution in [3.63, 3.8) is 0 Å². The number of nitrogens with zero attached hydrogens (tertiary/aromatic N) is 1. The highest BCUT2D eigenvalue weighted by molar-refractivity contribution is 5.89. The van der Waals surface area contributed by atoms with Crippen LogP contribution in [0.2, 0.25) is 0 Å². The van der Waals surface area contributed by atoms with Gasteiger partial charge in [-0.1, -0.05) is 0 Å². The van der Waals surface area contributed by atoms with E-state index in [2.05, 4.69) is 0 Å². The Balaban J connectivity index is 2.79. The lowest BCUT2D eigenvalue weighted by Crippen LogP contribution is -2.41. The Bertz CT molecular complexity index is 443. The second-order valence-corrected chi connectivity index (χ2v) is 3.71. The molecular weight excluding hydrogens is 234 g/mol. The van der Waals surface area contributed by atoms with Crippen LogP contribution in [-0.4, -0.2) is 25.2 Å². The number of carbonyl (C=O) groups excluding carboxylic acids is 2. The van der Waals surface area contributed by atoms with Gasteiger partial charge in [0.2, 0.25) is 6.54 Å². The Morgan fingerprint density at radius 1 is 1.22 bits per heavy atom. The summed E-state index contributed by atoms with van der Waals surface area (Å²) in [6.45, 7) is 6.19. The average Bonchev–Trinajstić information content (AvgIpc) is 2.32. The Morgan fingerprint density at radius 3 is 2.44 bits per heavy atom. The van der Waals surface area contributed by atoms with Crippen molar-refractivity contribution in [1.29, 1.82) is 0 Å². The van der Waals surface area contributed by atoms with Crippen LogP contribution in [0.4, 0.5) is 0 Å². The first-order chi connectivity index (χ1) is 8.58. The molecule has 5 heteroatoms. The third kappa shape index (κ3) is 3.84. The van der Waals surface area contributed by atoms with Crippen molar-refractivity contribution >= 4 is 11.9 Å². The van der Waals surface area contributed by atoms with Gasteiger partial charge < -0.3 is 9.47 Å². The highest BCUT2D eigenvalue weighted by Crippen LogP contribution is 2.02. The first kappa shape index (κ1) is 14.2. The molecule has 0 atom stereocenters. The number of ether oxygens (including phenoxy) is 2. The number of carbonyl (C=O) groups is 2. The lowest BCUT2D eigenvalue weighted by molar-refractivity contribution is -0.691. The van der Waals surface area contributed by atoms with Crippen LogP contribution in [0, 0.1) is 6.92 Å². The summed E-state index contributed by atoms with van der Waals surface area (Å²) >= 11 is 0. The van der Waals surface area contributed by atoms with Crippen molar-refractivity contribution < 1.29 is 23.6 Å². The van der Waals surface area contributed by atoms with Crippen LogP contribution in [0.3, 0.4) is 0 Å². The van der Waals surface area contributed by atoms with Crippen molar-refractivity contribution in [2.24, 2.45) is 0 Å². The summed E-state index contributed by atoms with van der Waals surface area (Å²) in [4.78, 5) is 22.9. The molecule has 0 radical (unpaired) electrons. The van der Waals surface area contributed by atoms with Gasteiger partial charge in [-0.15, -0.1) is 0 Å². The van der Waals surface area contributed by atoms with E-state index in [1.54, 1.807) is 36.7 Å². The van der Waals surface area contributed by atoms with E-state index >= 15 is 0 Å². The van der Waals surface area contributed by atoms with Gasteiger partial charge in [-0.3, -0.25) is 0 Å². The average molecular weight is 252 g/mol. The van der Waals surface area contributed by atoms with Gasteiger partial charge in [0, 0.05) is 19.1 Å². The van der Waals surface area contributed by atoms with Crippen molar-refractivity contribution in [2.75, 3.05) is 13.2 Å². The summed E-state index contributed by atoms with van der Waals surface area (Å²) in [5.41, 5.74) is 1.28. The van der Waals surface area contributed by atoms with Crippen LogP contribution in [0.1, 0.15) is 29.9 Å². The SMILES string of the molecule is CCOC(=O)C[n+]1ccc(C(=O)OCC)cc1C. The zero-order valence-electron chi connectivity index (χ0n) is 10.9. The van der Waals surface area contributed by atoms with E-state index in [0.717, 1.165) is 5.69 Å². The molecule has 0 aliphatic carbocycles. The molecule has 0 unspecified atom stereocenters. The van der Waals surface area contributed by atoms with Crippen LogP contribution in [0.25, 0.3) is 0 Å². The Kier molecular flexibility index (Phi) is 5.30. The third-order valence-corrected chi connectivity index (χ3v) is 2.37. The molecule has 0 aromatic carbocycles. The summed E-state index contributed by atoms with van der Waals surface area (Å²) in [7, 11) is 0. The van der Waals surface area contributed by atoms with E-state index in [-0.39, 0.29) is 18.5 Å². The fourth-order valence-electron chi connectivity index (χ4n) is 1.51. The normalized spacial score (nSPS) is 9.94. The Hall–Kier alpha value is -1.91. The minimum atomic E-state index is -0.358. The molecule has 0 amide bonds. The predicted molar refractivity (Wildman–Crippen MR) is 64.0 cm³/mol. The number of aromatic nitrogens is 1. The minimum Gasteiger partial charge on any atom is -0.462 e. The van der Waals surface area contributed by atoms with Crippen LogP contribution in [0.15, 0.2) is 18.3 Å². The maximum Gasteiger partial charge on any atom is 0.372 e. The molecular formula is C13H18NO4+. The monoisotopic (exact) mass is 252 g/mol. The van der Waals surface area contributed by atoms with E-state index in [1.807, 2.05) is 6.92 Å². The molecule has 0 spiro atoms. The molecule has 0 aliphatic heterocycles. The van der Waals surface area contributed by atoms with Gasteiger partial charge in [0.15, 0.2) is 11.9 Å². The first-order valence-electron chi connectivity index (χ1n) is 5.91. The van der Waals surface area contributed by atoms with Crippen molar-refractivity contribution in [2.45, 2.75) is 27.3 Å². The van der Waals surface area contributed by atoms with Gasteiger partial charge in [-0.25, -0.2) is 9.59 Å². The zero-order chi connectivity index (χ0) is 13.5. The molecule has 1 aromatic heterocycles. The summed E-state index contributed by atoms with van der Waals surface area (Å²) < 4.78 is 11.5. The van der Waals surface area contributed by atoms with E-state index in [4.69, 9.17) is 9.47 Å². The van der Waals surface area contributed by atoms with Gasteiger partial charge in [0.25, 0.3) is 0 Å². The van der Waals surface area contributed by atoms with Crippen LogP contribution >= 0.6 is 0 Å². The fourth-order valence-corrected chi connectivity index (χ4v) is 1.51. The largest absolute Gasteiger partial charge is 0.462 e. The quantitative estimate of drug-likeness (QED) is 0.580. The van der Waals surface area contributed by atoms with Gasteiger partial charge in [-0.2, -0.15) is 4.57 Å². The summed E-state index contributed by atoms with van der Waals surface area (Å²) in [6.07, 6.45) is 1.68. The molecule has 0 bridgehead atoms. The van der Waals surface area contributed by atoms with Gasteiger partial charge in [0.1, 0.15) is 0 Å². The maximum absolute atomic E-state index is 11.5. The molecule has 0 saturated carbocycles. The van der Waals surface area contributed by atoms with Crippen LogP contribution in [0.5, 0.6) is 0 Å². The standard InChI is InChI=1S/C13H18NO4/c1-4-17-12(15)9-14-7-6-11(8-10(14)3)13(16)18-5-2/h6-8H,4-5,9H2,1-3H3/q+1. The smallest absolute Gasteiger partial charge is 0.372 e. The molecule has 1 rings (SSSR count). The van der Waals surface area contributed by atoms with E-state index in [9.17, 15) is 9.59 Å². The minimum absolute atomic E-state index is 0.142. The van der Waals surface area contributed by atoms with E-state index in [1.165, 1.54) is 0 Å². The number of aryl methyl sites for hydroxylation is 1. The molecule has 0 saturated heterocycles. The number of hydrogen-bond acceptors (Lipinski definition) is 4. The number of hydrogen-bond donors (Lipinski definition) is 0. The third-order valence-electron chi connectivity index (χ3n) is 2.37. The molecule has 0 N–H and O–H groups in total. The highest BCUT2D eigenvalue weighted by Gasteiger charge is 2.16. The fraction of sp³-hybridized carbons (Fsp3) is 0.462. The number of rotatable bonds is 5. The van der Waals surface area contributed by atoms with Gasteiger partial charge in [0.05, 0.1) is 18.8 Å². The maximum atomic E-state index is 11.5. The van der Waals surface area contributed by atoms with E-state index in [0.29, 0.717) is 18.8 Å². The second kappa shape index (κ2) is 6.74. The van der Waals surface area contributed by atoms with E-state index < -0.39 is 0 Å². The predicted octanol–water partition coefficient (Wildman–Crippen LogP) is 1.02. The van der Waals surface area contributed by atoms with Crippen molar-refractivity contribution in [1.82, 2.24) is 0 Å². The molecule has 18 heavy (non-hydrogen) atoms. The molecule has 1 heterocycles. The second-order valence-electron chi connectivity index (χ2n) is 3.71.